The van der Waals surface area contributed by atoms with Crippen molar-refractivity contribution in [1.82, 2.24) is 0 Å². The van der Waals surface area contributed by atoms with Gasteiger partial charge in [0, 0.05) is 19.3 Å². The number of allylic oxidation sites excluding steroid dienone is 1. The van der Waals surface area contributed by atoms with E-state index in [-0.39, 0.29) is 5.41 Å². The number of fused-ring (bicyclic) bond motifs is 2. The van der Waals surface area contributed by atoms with Crippen LogP contribution in [-0.2, 0) is 18.9 Å². The van der Waals surface area contributed by atoms with Crippen molar-refractivity contribution in [3.63, 3.8) is 0 Å². The summed E-state index contributed by atoms with van der Waals surface area (Å²) in [5.41, 5.74) is 0.221. The summed E-state index contributed by atoms with van der Waals surface area (Å²) in [7, 11) is 0. The van der Waals surface area contributed by atoms with Crippen molar-refractivity contribution < 1.29 is 18.9 Å². The van der Waals surface area contributed by atoms with Crippen molar-refractivity contribution >= 4 is 0 Å². The molecule has 0 amide bonds. The molecule has 3 atom stereocenters. The molecule has 4 heteroatoms. The van der Waals surface area contributed by atoms with Crippen molar-refractivity contribution in [3.8, 4) is 0 Å². The molecular formula is C19H26O4. The Bertz CT molecular complexity index is 588. The molecule has 0 aromatic heterocycles. The van der Waals surface area contributed by atoms with Crippen LogP contribution in [0.1, 0.15) is 46.0 Å². The van der Waals surface area contributed by atoms with Crippen molar-refractivity contribution in [1.29, 1.82) is 0 Å². The summed E-state index contributed by atoms with van der Waals surface area (Å²) in [5, 5.41) is 0. The van der Waals surface area contributed by atoms with E-state index in [0.717, 1.165) is 37.0 Å². The second-order valence-electron chi connectivity index (χ2n) is 7.60. The fraction of sp³-hybridized carbons (Fsp3) is 0.684. The van der Waals surface area contributed by atoms with Gasteiger partial charge in [0.25, 0.3) is 0 Å². The zero-order valence-electron chi connectivity index (χ0n) is 14.2. The molecule has 2 bridgehead atoms. The summed E-state index contributed by atoms with van der Waals surface area (Å²) in [5.74, 6) is -0.415. The average Bonchev–Trinajstić information content (AvgIpc) is 3.01. The van der Waals surface area contributed by atoms with Gasteiger partial charge in [0.15, 0.2) is 5.79 Å². The molecule has 0 radical (unpaired) electrons. The van der Waals surface area contributed by atoms with Gasteiger partial charge in [-0.15, -0.1) is 6.58 Å². The number of hydrogen-bond donors (Lipinski definition) is 0. The van der Waals surface area contributed by atoms with Crippen LogP contribution in [0.25, 0.3) is 0 Å². The first-order valence-electron chi connectivity index (χ1n) is 8.57. The maximum Gasteiger partial charge on any atom is 0.215 e. The highest BCUT2D eigenvalue weighted by Gasteiger charge is 2.75. The Balaban J connectivity index is 1.87. The molecule has 126 valence electrons. The van der Waals surface area contributed by atoms with Gasteiger partial charge in [0.05, 0.1) is 18.6 Å². The normalized spacial score (nSPS) is 43.7. The quantitative estimate of drug-likeness (QED) is 0.741. The van der Waals surface area contributed by atoms with Gasteiger partial charge in [-0.25, -0.2) is 0 Å². The fourth-order valence-electron chi connectivity index (χ4n) is 5.08. The summed E-state index contributed by atoms with van der Waals surface area (Å²) < 4.78 is 25.3. The lowest BCUT2D eigenvalue weighted by molar-refractivity contribution is -0.293. The van der Waals surface area contributed by atoms with Gasteiger partial charge in [-0.2, -0.15) is 0 Å². The summed E-state index contributed by atoms with van der Waals surface area (Å²) in [4.78, 5) is 0. The third-order valence-corrected chi connectivity index (χ3v) is 6.11. The van der Waals surface area contributed by atoms with Gasteiger partial charge in [-0.1, -0.05) is 19.6 Å². The molecule has 4 rings (SSSR count). The van der Waals surface area contributed by atoms with Crippen LogP contribution in [0, 0.1) is 5.41 Å². The third kappa shape index (κ3) is 1.83. The minimum atomic E-state index is -0.688. The Kier molecular flexibility index (Phi) is 3.16. The van der Waals surface area contributed by atoms with E-state index in [1.165, 1.54) is 0 Å². The van der Waals surface area contributed by atoms with Crippen LogP contribution in [0.15, 0.2) is 36.6 Å². The zero-order valence-corrected chi connectivity index (χ0v) is 14.2. The second-order valence-corrected chi connectivity index (χ2v) is 7.60. The Morgan fingerprint density at radius 3 is 2.70 bits per heavy atom. The summed E-state index contributed by atoms with van der Waals surface area (Å²) in [6.07, 6.45) is 8.27. The van der Waals surface area contributed by atoms with E-state index in [1.54, 1.807) is 0 Å². The molecule has 1 saturated carbocycles. The average molecular weight is 318 g/mol. The lowest BCUT2D eigenvalue weighted by Gasteiger charge is -2.53. The first-order chi connectivity index (χ1) is 10.9. The van der Waals surface area contributed by atoms with E-state index >= 15 is 0 Å². The Labute approximate surface area is 138 Å². The van der Waals surface area contributed by atoms with Gasteiger partial charge in [-0.05, 0) is 31.4 Å². The fourth-order valence-corrected chi connectivity index (χ4v) is 5.08. The number of hydrogen-bond acceptors (Lipinski definition) is 4. The molecule has 23 heavy (non-hydrogen) atoms. The maximum atomic E-state index is 6.62. The molecule has 4 aliphatic rings. The van der Waals surface area contributed by atoms with Crippen LogP contribution < -0.4 is 0 Å². The maximum absolute atomic E-state index is 6.62. The lowest BCUT2D eigenvalue weighted by atomic mass is 9.59. The van der Waals surface area contributed by atoms with E-state index in [1.807, 2.05) is 13.0 Å². The van der Waals surface area contributed by atoms with Gasteiger partial charge >= 0.3 is 0 Å². The van der Waals surface area contributed by atoms with Crippen LogP contribution in [0.4, 0.5) is 0 Å². The van der Waals surface area contributed by atoms with Crippen LogP contribution in [0.3, 0.4) is 0 Å². The van der Waals surface area contributed by atoms with E-state index in [4.69, 9.17) is 18.9 Å². The molecule has 0 aromatic carbocycles. The van der Waals surface area contributed by atoms with E-state index in [0.29, 0.717) is 19.6 Å². The van der Waals surface area contributed by atoms with Crippen LogP contribution in [0.2, 0.25) is 0 Å². The van der Waals surface area contributed by atoms with Gasteiger partial charge in [-0.3, -0.25) is 0 Å². The van der Waals surface area contributed by atoms with Crippen molar-refractivity contribution in [3.05, 3.63) is 36.6 Å². The van der Waals surface area contributed by atoms with Crippen LogP contribution in [0.5, 0.6) is 0 Å². The van der Waals surface area contributed by atoms with Crippen LogP contribution >= 0.6 is 0 Å². The lowest BCUT2D eigenvalue weighted by Crippen LogP contribution is -2.61. The molecule has 2 spiro atoms. The molecular weight excluding hydrogens is 292 g/mol. The molecule has 3 aliphatic heterocycles. The SMILES string of the molecule is C=CC[C@@]12C[C@]3(C)C4(CCC[C@]3(C=C(C(=C)C)O1)O2)OCCO4. The van der Waals surface area contributed by atoms with Crippen molar-refractivity contribution in [2.45, 2.75) is 63.1 Å². The first-order valence-corrected chi connectivity index (χ1v) is 8.57. The monoisotopic (exact) mass is 318 g/mol. The van der Waals surface area contributed by atoms with Gasteiger partial charge in [0.1, 0.15) is 11.4 Å². The molecule has 1 aliphatic carbocycles. The summed E-state index contributed by atoms with van der Waals surface area (Å²) >= 11 is 0. The number of rotatable bonds is 3. The van der Waals surface area contributed by atoms with Gasteiger partial charge in [0.2, 0.25) is 5.79 Å². The molecule has 0 aromatic rings. The minimum absolute atomic E-state index is 0.283. The summed E-state index contributed by atoms with van der Waals surface area (Å²) in [6, 6.07) is 0. The van der Waals surface area contributed by atoms with Crippen molar-refractivity contribution in [2.75, 3.05) is 13.2 Å². The Morgan fingerprint density at radius 1 is 1.30 bits per heavy atom. The predicted octanol–water partition coefficient (Wildman–Crippen LogP) is 3.84. The topological polar surface area (TPSA) is 36.9 Å². The van der Waals surface area contributed by atoms with E-state index < -0.39 is 17.2 Å². The standard InChI is InChI=1S/C19H26O4/c1-5-7-18-13-16(4)17(23-18,12-15(22-18)14(2)3)8-6-9-19(16)20-10-11-21-19/h5,12H,1-2,6-11,13H2,3-4H3/t16-,17+,18+/m0/s1. The van der Waals surface area contributed by atoms with Crippen molar-refractivity contribution in [2.24, 2.45) is 5.41 Å². The second kappa shape index (κ2) is 4.71. The predicted molar refractivity (Wildman–Crippen MR) is 86.6 cm³/mol. The largest absolute Gasteiger partial charge is 0.462 e. The Morgan fingerprint density at radius 2 is 2.04 bits per heavy atom. The third-order valence-electron chi connectivity index (χ3n) is 6.11. The van der Waals surface area contributed by atoms with Gasteiger partial charge < -0.3 is 18.9 Å². The first kappa shape index (κ1) is 15.4. The highest BCUT2D eigenvalue weighted by Crippen LogP contribution is 2.68. The summed E-state index contributed by atoms with van der Waals surface area (Å²) in [6.45, 7) is 13.5. The highest BCUT2D eigenvalue weighted by atomic mass is 16.8. The zero-order chi connectivity index (χ0) is 16.3. The molecule has 3 heterocycles. The molecule has 4 nitrogen and oxygen atoms in total. The highest BCUT2D eigenvalue weighted by molar-refractivity contribution is 5.34. The molecule has 2 saturated heterocycles. The molecule has 3 fully saturated rings. The smallest absolute Gasteiger partial charge is 0.215 e. The molecule has 0 unspecified atom stereocenters. The number of ether oxygens (including phenoxy) is 4. The van der Waals surface area contributed by atoms with E-state index in [2.05, 4.69) is 26.2 Å². The molecule has 0 N–H and O–H groups in total. The van der Waals surface area contributed by atoms with Crippen LogP contribution in [-0.4, -0.2) is 30.4 Å². The minimum Gasteiger partial charge on any atom is -0.462 e. The Hall–Kier alpha value is -1.10. The van der Waals surface area contributed by atoms with E-state index in [9.17, 15) is 0 Å².